The van der Waals surface area contributed by atoms with E-state index in [-0.39, 0.29) is 17.7 Å². The van der Waals surface area contributed by atoms with Gasteiger partial charge in [0.25, 0.3) is 5.56 Å². The van der Waals surface area contributed by atoms with E-state index in [2.05, 4.69) is 10.2 Å². The Morgan fingerprint density at radius 2 is 1.88 bits per heavy atom. The summed E-state index contributed by atoms with van der Waals surface area (Å²) in [7, 11) is 1.73. The lowest BCUT2D eigenvalue weighted by Gasteiger charge is -2.41. The summed E-state index contributed by atoms with van der Waals surface area (Å²) in [5.74, 6) is 1.10. The first-order valence-electron chi connectivity index (χ1n) is 10.8. The summed E-state index contributed by atoms with van der Waals surface area (Å²) in [6, 6.07) is 11.4. The Balaban J connectivity index is 1.40. The van der Waals surface area contributed by atoms with Crippen LogP contribution in [0.4, 0.5) is 4.79 Å². The van der Waals surface area contributed by atoms with Gasteiger partial charge in [0.2, 0.25) is 11.8 Å². The van der Waals surface area contributed by atoms with Crippen molar-refractivity contribution in [2.45, 2.75) is 51.7 Å². The van der Waals surface area contributed by atoms with Crippen LogP contribution in [0.15, 0.2) is 51.8 Å². The molecule has 32 heavy (non-hydrogen) atoms. The maximum absolute atomic E-state index is 12.8. The van der Waals surface area contributed by atoms with Crippen molar-refractivity contribution >= 4 is 6.09 Å². The predicted molar refractivity (Wildman–Crippen MR) is 119 cm³/mol. The van der Waals surface area contributed by atoms with Crippen molar-refractivity contribution in [2.24, 2.45) is 7.05 Å². The topological polar surface area (TPSA) is 90.5 Å². The largest absolute Gasteiger partial charge is 0.443 e. The molecule has 1 saturated heterocycles. The highest BCUT2D eigenvalue weighted by Gasteiger charge is 2.38. The number of aryl methyl sites for hydroxylation is 3. The van der Waals surface area contributed by atoms with E-state index < -0.39 is 5.60 Å². The lowest BCUT2D eigenvalue weighted by molar-refractivity contribution is -0.0501. The van der Waals surface area contributed by atoms with E-state index in [1.54, 1.807) is 35.7 Å². The molecule has 0 unspecified atom stereocenters. The van der Waals surface area contributed by atoms with Crippen LogP contribution in [0.3, 0.4) is 0 Å². The molecule has 168 valence electrons. The number of ether oxygens (including phenoxy) is 1. The van der Waals surface area contributed by atoms with Gasteiger partial charge in [-0.15, -0.1) is 10.2 Å². The molecule has 1 aliphatic rings. The van der Waals surface area contributed by atoms with Crippen LogP contribution in [-0.4, -0.2) is 37.9 Å². The van der Waals surface area contributed by atoms with Crippen molar-refractivity contribution in [1.29, 1.82) is 0 Å². The molecule has 1 amide bonds. The van der Waals surface area contributed by atoms with E-state index in [0.717, 1.165) is 23.1 Å². The third-order valence-corrected chi connectivity index (χ3v) is 6.18. The number of carbonyl (C=O) groups excluding carboxylic acids is 1. The van der Waals surface area contributed by atoms with Crippen LogP contribution in [0.2, 0.25) is 0 Å². The molecule has 3 heterocycles. The van der Waals surface area contributed by atoms with E-state index >= 15 is 0 Å². The Morgan fingerprint density at radius 3 is 2.50 bits per heavy atom. The quantitative estimate of drug-likeness (QED) is 0.579. The first-order chi connectivity index (χ1) is 15.2. The number of hydrogen-bond acceptors (Lipinski definition) is 6. The Morgan fingerprint density at radius 1 is 1.12 bits per heavy atom. The molecular weight excluding hydrogens is 408 g/mol. The zero-order valence-electron chi connectivity index (χ0n) is 18.9. The van der Waals surface area contributed by atoms with Crippen molar-refractivity contribution in [1.82, 2.24) is 19.7 Å². The molecule has 4 rings (SSSR count). The summed E-state index contributed by atoms with van der Waals surface area (Å²) in [5, 5.41) is 7.86. The molecule has 1 fully saturated rings. The van der Waals surface area contributed by atoms with Crippen molar-refractivity contribution in [2.75, 3.05) is 6.54 Å². The first kappa shape index (κ1) is 21.8. The van der Waals surface area contributed by atoms with Gasteiger partial charge in [-0.05, 0) is 43.0 Å². The van der Waals surface area contributed by atoms with Crippen LogP contribution >= 0.6 is 0 Å². The van der Waals surface area contributed by atoms with Gasteiger partial charge in [-0.2, -0.15) is 0 Å². The summed E-state index contributed by atoms with van der Waals surface area (Å²) in [6.07, 6.45) is 3.37. The SMILES string of the molecule is Cc1nnc(CC[C@]2(C)CCN([C@@H](C)c3ccc(-c4ccn(C)c(=O)c4)cc3)C(=O)O2)o1. The molecule has 8 nitrogen and oxygen atoms in total. The summed E-state index contributed by atoms with van der Waals surface area (Å²) in [4.78, 5) is 26.5. The molecule has 0 aliphatic carbocycles. The summed E-state index contributed by atoms with van der Waals surface area (Å²) < 4.78 is 12.8. The monoisotopic (exact) mass is 436 g/mol. The van der Waals surface area contributed by atoms with Gasteiger partial charge in [-0.1, -0.05) is 24.3 Å². The van der Waals surface area contributed by atoms with Crippen molar-refractivity contribution in [3.05, 3.63) is 70.3 Å². The normalized spacial score (nSPS) is 19.6. The smallest absolute Gasteiger partial charge is 0.410 e. The molecule has 2 aromatic heterocycles. The van der Waals surface area contributed by atoms with Crippen LogP contribution in [0, 0.1) is 6.92 Å². The Kier molecular flexibility index (Phi) is 5.86. The minimum atomic E-state index is -0.557. The minimum absolute atomic E-state index is 0.0479. The van der Waals surface area contributed by atoms with E-state index in [1.807, 2.05) is 44.2 Å². The average molecular weight is 437 g/mol. The third kappa shape index (κ3) is 4.59. The lowest BCUT2D eigenvalue weighted by Crippen LogP contribution is -2.49. The van der Waals surface area contributed by atoms with E-state index in [1.165, 1.54) is 0 Å². The van der Waals surface area contributed by atoms with Crippen LogP contribution in [0.5, 0.6) is 0 Å². The second kappa shape index (κ2) is 8.61. The second-order valence-corrected chi connectivity index (χ2v) is 8.64. The lowest BCUT2D eigenvalue weighted by atomic mass is 9.93. The summed E-state index contributed by atoms with van der Waals surface area (Å²) in [6.45, 7) is 6.31. The highest BCUT2D eigenvalue weighted by atomic mass is 16.6. The van der Waals surface area contributed by atoms with Gasteiger partial charge < -0.3 is 18.6 Å². The molecule has 0 bridgehead atoms. The number of benzene rings is 1. The number of carbonyl (C=O) groups is 1. The molecule has 0 radical (unpaired) electrons. The van der Waals surface area contributed by atoms with Gasteiger partial charge in [0, 0.05) is 45.6 Å². The molecular formula is C24H28N4O4. The van der Waals surface area contributed by atoms with Crippen LogP contribution in [0.25, 0.3) is 11.1 Å². The maximum Gasteiger partial charge on any atom is 0.410 e. The van der Waals surface area contributed by atoms with Gasteiger partial charge in [-0.3, -0.25) is 4.79 Å². The summed E-state index contributed by atoms with van der Waals surface area (Å²) in [5.41, 5.74) is 2.24. The number of pyridine rings is 1. The van der Waals surface area contributed by atoms with Crippen LogP contribution < -0.4 is 5.56 Å². The number of nitrogens with zero attached hydrogens (tertiary/aromatic N) is 4. The van der Waals surface area contributed by atoms with Gasteiger partial charge >= 0.3 is 6.09 Å². The predicted octanol–water partition coefficient (Wildman–Crippen LogP) is 4.04. The van der Waals surface area contributed by atoms with Crippen molar-refractivity contribution in [3.8, 4) is 11.1 Å². The Bertz CT molecular complexity index is 1170. The Hall–Kier alpha value is -3.42. The standard InChI is InChI=1S/C24H28N4O4/c1-16(18-5-7-19(8-6-18)20-10-13-27(4)22(29)15-20)28-14-12-24(3,32-23(28)30)11-9-21-26-25-17(2)31-21/h5-8,10,13,15-16H,9,11-12,14H2,1-4H3/t16-,24+/m0/s1. The summed E-state index contributed by atoms with van der Waals surface area (Å²) >= 11 is 0. The van der Waals surface area contributed by atoms with Gasteiger partial charge in [0.1, 0.15) is 5.60 Å². The number of hydrogen-bond donors (Lipinski definition) is 0. The Labute approximate surface area is 186 Å². The fourth-order valence-electron chi connectivity index (χ4n) is 3.97. The molecule has 3 aromatic rings. The van der Waals surface area contributed by atoms with E-state index in [4.69, 9.17) is 9.15 Å². The molecule has 0 N–H and O–H groups in total. The van der Waals surface area contributed by atoms with Gasteiger partial charge in [0.15, 0.2) is 0 Å². The van der Waals surface area contributed by atoms with Crippen LogP contribution in [0.1, 0.15) is 50.1 Å². The molecule has 0 saturated carbocycles. The average Bonchev–Trinajstić information content (AvgIpc) is 3.19. The number of amides is 1. The number of aromatic nitrogens is 3. The fourth-order valence-corrected chi connectivity index (χ4v) is 3.97. The zero-order valence-corrected chi connectivity index (χ0v) is 18.9. The fraction of sp³-hybridized carbons (Fsp3) is 0.417. The number of rotatable bonds is 6. The molecule has 2 atom stereocenters. The minimum Gasteiger partial charge on any atom is -0.443 e. The van der Waals surface area contributed by atoms with E-state index in [0.29, 0.717) is 31.2 Å². The van der Waals surface area contributed by atoms with Crippen molar-refractivity contribution < 1.29 is 13.9 Å². The van der Waals surface area contributed by atoms with E-state index in [9.17, 15) is 9.59 Å². The highest BCUT2D eigenvalue weighted by Crippen LogP contribution is 2.33. The molecule has 8 heteroatoms. The highest BCUT2D eigenvalue weighted by molar-refractivity contribution is 5.70. The first-order valence-corrected chi connectivity index (χ1v) is 10.8. The second-order valence-electron chi connectivity index (χ2n) is 8.64. The zero-order chi connectivity index (χ0) is 22.9. The van der Waals surface area contributed by atoms with Gasteiger partial charge in [-0.25, -0.2) is 4.79 Å². The molecule has 1 aromatic carbocycles. The third-order valence-electron chi connectivity index (χ3n) is 6.18. The molecule has 0 spiro atoms. The van der Waals surface area contributed by atoms with Crippen LogP contribution in [-0.2, 0) is 18.2 Å². The van der Waals surface area contributed by atoms with Gasteiger partial charge in [0.05, 0.1) is 6.04 Å². The maximum atomic E-state index is 12.8. The molecule has 1 aliphatic heterocycles. The number of cyclic esters (lactones) is 1. The van der Waals surface area contributed by atoms with Crippen molar-refractivity contribution in [3.63, 3.8) is 0 Å².